The molecule has 1 unspecified atom stereocenters. The maximum atomic E-state index is 12.5. The second kappa shape index (κ2) is 8.26. The SMILES string of the molecule is CN1C(=O)CC(C)(c2cccc(NC(=O)c3ccc(OCCF)cn3)c2)N=C1N. The van der Waals surface area contributed by atoms with Crippen molar-refractivity contribution in [3.05, 3.63) is 53.9 Å². The largest absolute Gasteiger partial charge is 0.489 e. The van der Waals surface area contributed by atoms with Crippen molar-refractivity contribution in [3.63, 3.8) is 0 Å². The molecule has 9 heteroatoms. The summed E-state index contributed by atoms with van der Waals surface area (Å²) in [7, 11) is 1.58. The van der Waals surface area contributed by atoms with Gasteiger partial charge in [0.2, 0.25) is 5.91 Å². The molecular formula is C20H22FN5O3. The molecule has 0 aliphatic carbocycles. The van der Waals surface area contributed by atoms with E-state index in [1.807, 2.05) is 13.0 Å². The molecule has 3 N–H and O–H groups in total. The van der Waals surface area contributed by atoms with Crippen LogP contribution in [0.2, 0.25) is 0 Å². The van der Waals surface area contributed by atoms with Crippen LogP contribution in [0.5, 0.6) is 5.75 Å². The first kappa shape index (κ1) is 20.2. The Hall–Kier alpha value is -3.49. The zero-order valence-corrected chi connectivity index (χ0v) is 16.2. The minimum absolute atomic E-state index is 0.0654. The van der Waals surface area contributed by atoms with Crippen molar-refractivity contribution in [1.29, 1.82) is 0 Å². The van der Waals surface area contributed by atoms with Crippen LogP contribution < -0.4 is 15.8 Å². The molecule has 3 rings (SSSR count). The third-order valence-electron chi connectivity index (χ3n) is 4.63. The van der Waals surface area contributed by atoms with Gasteiger partial charge in [-0.25, -0.2) is 14.4 Å². The third-order valence-corrected chi connectivity index (χ3v) is 4.63. The summed E-state index contributed by atoms with van der Waals surface area (Å²) in [6.07, 6.45) is 1.53. The van der Waals surface area contributed by atoms with E-state index in [2.05, 4.69) is 15.3 Å². The van der Waals surface area contributed by atoms with Gasteiger partial charge in [0.05, 0.1) is 18.2 Å². The number of halogens is 1. The standard InChI is InChI=1S/C20H22FN5O3/c1-20(11-17(27)26(2)19(22)25-20)13-4-3-5-14(10-13)24-18(28)16-7-6-15(12-23-16)29-9-8-21/h3-7,10,12H,8-9,11H2,1-2H3,(H2,22,25)(H,24,28). The quantitative estimate of drug-likeness (QED) is 0.773. The fraction of sp³-hybridized carbons (Fsp3) is 0.300. The predicted molar refractivity (Wildman–Crippen MR) is 106 cm³/mol. The molecule has 1 aromatic heterocycles. The normalized spacial score (nSPS) is 18.9. The van der Waals surface area contributed by atoms with Gasteiger partial charge in [0.25, 0.3) is 5.91 Å². The van der Waals surface area contributed by atoms with Crippen molar-refractivity contribution < 1.29 is 18.7 Å². The van der Waals surface area contributed by atoms with Gasteiger partial charge in [-0.3, -0.25) is 14.5 Å². The average molecular weight is 399 g/mol. The molecule has 1 aliphatic heterocycles. The Morgan fingerprint density at radius 3 is 2.83 bits per heavy atom. The number of guanidine groups is 1. The number of anilines is 1. The molecule has 29 heavy (non-hydrogen) atoms. The number of carbonyl (C=O) groups is 2. The molecular weight excluding hydrogens is 377 g/mol. The van der Waals surface area contributed by atoms with Gasteiger partial charge < -0.3 is 15.8 Å². The van der Waals surface area contributed by atoms with E-state index in [1.165, 1.54) is 17.2 Å². The number of carbonyl (C=O) groups excluding carboxylic acids is 2. The second-order valence-electron chi connectivity index (χ2n) is 6.82. The van der Waals surface area contributed by atoms with Gasteiger partial charge in [-0.15, -0.1) is 0 Å². The van der Waals surface area contributed by atoms with Gasteiger partial charge in [0, 0.05) is 12.7 Å². The molecule has 2 aromatic rings. The number of ether oxygens (including phenoxy) is 1. The van der Waals surface area contributed by atoms with Crippen LogP contribution in [0.25, 0.3) is 0 Å². The topological polar surface area (TPSA) is 110 Å². The summed E-state index contributed by atoms with van der Waals surface area (Å²) in [5, 5.41) is 2.77. The van der Waals surface area contributed by atoms with Gasteiger partial charge in [-0.2, -0.15) is 0 Å². The van der Waals surface area contributed by atoms with Crippen LogP contribution in [0.3, 0.4) is 0 Å². The van der Waals surface area contributed by atoms with E-state index in [1.54, 1.807) is 31.3 Å². The Morgan fingerprint density at radius 2 is 2.17 bits per heavy atom. The van der Waals surface area contributed by atoms with E-state index in [0.717, 1.165) is 5.56 Å². The first-order valence-electron chi connectivity index (χ1n) is 9.01. The number of hydrogen-bond donors (Lipinski definition) is 2. The smallest absolute Gasteiger partial charge is 0.274 e. The highest BCUT2D eigenvalue weighted by Crippen LogP contribution is 2.34. The van der Waals surface area contributed by atoms with E-state index in [9.17, 15) is 14.0 Å². The number of nitrogens with zero attached hydrogens (tertiary/aromatic N) is 3. The molecule has 152 valence electrons. The van der Waals surface area contributed by atoms with Crippen LogP contribution in [0.1, 0.15) is 29.4 Å². The average Bonchev–Trinajstić information content (AvgIpc) is 2.71. The number of aliphatic imine (C=N–C) groups is 1. The van der Waals surface area contributed by atoms with Crippen LogP contribution >= 0.6 is 0 Å². The van der Waals surface area contributed by atoms with Crippen molar-refractivity contribution in [3.8, 4) is 5.75 Å². The van der Waals surface area contributed by atoms with E-state index >= 15 is 0 Å². The number of benzene rings is 1. The fourth-order valence-corrected chi connectivity index (χ4v) is 2.96. The van der Waals surface area contributed by atoms with E-state index in [-0.39, 0.29) is 30.6 Å². The van der Waals surface area contributed by atoms with Crippen molar-refractivity contribution in [2.75, 3.05) is 25.6 Å². The zero-order chi connectivity index (χ0) is 21.0. The first-order valence-corrected chi connectivity index (χ1v) is 9.01. The van der Waals surface area contributed by atoms with Crippen LogP contribution in [-0.2, 0) is 10.3 Å². The van der Waals surface area contributed by atoms with Gasteiger partial charge in [0.1, 0.15) is 24.7 Å². The molecule has 2 heterocycles. The fourth-order valence-electron chi connectivity index (χ4n) is 2.96. The summed E-state index contributed by atoms with van der Waals surface area (Å²) in [4.78, 5) is 34.5. The summed E-state index contributed by atoms with van der Waals surface area (Å²) in [5.41, 5.74) is 6.52. The monoisotopic (exact) mass is 399 g/mol. The molecule has 1 atom stereocenters. The lowest BCUT2D eigenvalue weighted by Crippen LogP contribution is -2.47. The highest BCUT2D eigenvalue weighted by molar-refractivity contribution is 6.03. The predicted octanol–water partition coefficient (Wildman–Crippen LogP) is 2.07. The molecule has 0 saturated carbocycles. The van der Waals surface area contributed by atoms with Gasteiger partial charge in [0.15, 0.2) is 5.96 Å². The van der Waals surface area contributed by atoms with Crippen molar-refractivity contribution in [2.45, 2.75) is 18.9 Å². The number of pyridine rings is 1. The summed E-state index contributed by atoms with van der Waals surface area (Å²) in [5.74, 6) is -0.00511. The van der Waals surface area contributed by atoms with E-state index in [0.29, 0.717) is 11.4 Å². The summed E-state index contributed by atoms with van der Waals surface area (Å²) in [6.45, 7) is 1.16. The molecule has 0 spiro atoms. The van der Waals surface area contributed by atoms with E-state index < -0.39 is 18.1 Å². The van der Waals surface area contributed by atoms with Gasteiger partial charge >= 0.3 is 0 Å². The van der Waals surface area contributed by atoms with Crippen molar-refractivity contribution in [1.82, 2.24) is 9.88 Å². The lowest BCUT2D eigenvalue weighted by molar-refractivity contribution is -0.128. The van der Waals surface area contributed by atoms with Crippen molar-refractivity contribution >= 4 is 23.5 Å². The Labute approximate surface area is 167 Å². The summed E-state index contributed by atoms with van der Waals surface area (Å²) < 4.78 is 17.2. The molecule has 0 fully saturated rings. The van der Waals surface area contributed by atoms with Crippen LogP contribution in [0, 0.1) is 0 Å². The lowest BCUT2D eigenvalue weighted by atomic mass is 9.87. The Bertz CT molecular complexity index is 947. The number of nitrogens with one attached hydrogen (secondary N) is 1. The van der Waals surface area contributed by atoms with Crippen molar-refractivity contribution in [2.24, 2.45) is 10.7 Å². The summed E-state index contributed by atoms with van der Waals surface area (Å²) in [6, 6.07) is 10.1. The maximum Gasteiger partial charge on any atom is 0.274 e. The molecule has 0 radical (unpaired) electrons. The van der Waals surface area contributed by atoms with Crippen LogP contribution in [-0.4, -0.2) is 48.0 Å². The minimum Gasteiger partial charge on any atom is -0.489 e. The summed E-state index contributed by atoms with van der Waals surface area (Å²) >= 11 is 0. The molecule has 8 nitrogen and oxygen atoms in total. The Morgan fingerprint density at radius 1 is 1.38 bits per heavy atom. The lowest BCUT2D eigenvalue weighted by Gasteiger charge is -2.33. The maximum absolute atomic E-state index is 12.5. The molecule has 0 saturated heterocycles. The van der Waals surface area contributed by atoms with Crippen LogP contribution in [0.15, 0.2) is 47.6 Å². The number of hydrogen-bond acceptors (Lipinski definition) is 6. The molecule has 2 amide bonds. The molecule has 1 aliphatic rings. The zero-order valence-electron chi connectivity index (χ0n) is 16.2. The van der Waals surface area contributed by atoms with Crippen LogP contribution in [0.4, 0.5) is 10.1 Å². The van der Waals surface area contributed by atoms with Gasteiger partial charge in [-0.1, -0.05) is 12.1 Å². The Kier molecular flexibility index (Phi) is 5.76. The number of alkyl halides is 1. The Balaban J connectivity index is 1.76. The highest BCUT2D eigenvalue weighted by atomic mass is 19.1. The number of nitrogens with two attached hydrogens (primary N) is 1. The number of rotatable bonds is 6. The third kappa shape index (κ3) is 4.50. The molecule has 1 aromatic carbocycles. The number of aromatic nitrogens is 1. The first-order chi connectivity index (χ1) is 13.8. The number of amides is 2. The van der Waals surface area contributed by atoms with E-state index in [4.69, 9.17) is 10.5 Å². The highest BCUT2D eigenvalue weighted by Gasteiger charge is 2.36. The van der Waals surface area contributed by atoms with Gasteiger partial charge in [-0.05, 0) is 36.8 Å². The second-order valence-corrected chi connectivity index (χ2v) is 6.82. The minimum atomic E-state index is -0.817. The molecule has 0 bridgehead atoms.